The molecule has 2 aromatic heterocycles. The lowest BCUT2D eigenvalue weighted by atomic mass is 9.81. The summed E-state index contributed by atoms with van der Waals surface area (Å²) in [6, 6.07) is 7.87. The number of fused-ring (bicyclic) bond motifs is 1. The Bertz CT molecular complexity index is 1040. The van der Waals surface area contributed by atoms with Crippen LogP contribution in [0.2, 0.25) is 0 Å². The molecular formula is C27H39N7S. The van der Waals surface area contributed by atoms with Gasteiger partial charge >= 0.3 is 0 Å². The first-order chi connectivity index (χ1) is 16.8. The van der Waals surface area contributed by atoms with Gasteiger partial charge in [0.15, 0.2) is 0 Å². The summed E-state index contributed by atoms with van der Waals surface area (Å²) >= 11 is 1.58. The van der Waals surface area contributed by atoms with E-state index in [0.29, 0.717) is 22.2 Å². The first kappa shape index (κ1) is 29.7. The molecule has 0 radical (unpaired) electrons. The number of anilines is 2. The Labute approximate surface area is 215 Å². The maximum atomic E-state index is 9.11. The number of nitrogens with zero attached hydrogens (tertiary/aromatic N) is 4. The lowest BCUT2D eigenvalue weighted by Gasteiger charge is -2.33. The molecule has 1 aliphatic carbocycles. The average Bonchev–Trinajstić information content (AvgIpc) is 3.22. The molecule has 0 amide bonds. The van der Waals surface area contributed by atoms with E-state index in [1.54, 1.807) is 17.4 Å². The Morgan fingerprint density at radius 1 is 1.26 bits per heavy atom. The highest BCUT2D eigenvalue weighted by Crippen LogP contribution is 2.44. The van der Waals surface area contributed by atoms with Crippen LogP contribution < -0.4 is 16.4 Å². The zero-order valence-corrected chi connectivity index (χ0v) is 22.3. The third-order valence-corrected chi connectivity index (χ3v) is 6.93. The smallest absolute Gasteiger partial charge is 0.141 e. The summed E-state index contributed by atoms with van der Waals surface area (Å²) in [4.78, 5) is 10.2. The molecule has 0 bridgehead atoms. The quantitative estimate of drug-likeness (QED) is 0.249. The Kier molecular flexibility index (Phi) is 12.6. The van der Waals surface area contributed by atoms with Crippen molar-refractivity contribution in [3.05, 3.63) is 52.0 Å². The van der Waals surface area contributed by atoms with Crippen molar-refractivity contribution in [3.8, 4) is 18.9 Å². The molecule has 5 N–H and O–H groups in total. The van der Waals surface area contributed by atoms with E-state index in [4.69, 9.17) is 22.1 Å². The van der Waals surface area contributed by atoms with E-state index in [1.165, 1.54) is 16.9 Å². The van der Waals surface area contributed by atoms with Crippen molar-refractivity contribution in [2.75, 3.05) is 43.9 Å². The van der Waals surface area contributed by atoms with Crippen LogP contribution in [0.25, 0.3) is 0 Å². The Morgan fingerprint density at radius 2 is 1.89 bits per heavy atom. The van der Waals surface area contributed by atoms with Crippen LogP contribution >= 0.6 is 11.3 Å². The van der Waals surface area contributed by atoms with E-state index in [9.17, 15) is 0 Å². The number of nitrogen functional groups attached to an aromatic ring is 2. The number of terminal acetylenes is 1. The van der Waals surface area contributed by atoms with Crippen LogP contribution in [0.4, 0.5) is 10.8 Å². The number of aryl methyl sites for hydroxylation is 1. The molecule has 2 aliphatic rings. The molecule has 8 heteroatoms. The lowest BCUT2D eigenvalue weighted by Crippen LogP contribution is -2.44. The van der Waals surface area contributed by atoms with E-state index >= 15 is 0 Å². The number of thiophene rings is 1. The van der Waals surface area contributed by atoms with Gasteiger partial charge in [-0.2, -0.15) is 5.26 Å². The average molecular weight is 494 g/mol. The number of nitrogens with one attached hydrogen (secondary N) is 1. The molecule has 35 heavy (non-hydrogen) atoms. The van der Waals surface area contributed by atoms with Gasteiger partial charge in [0.1, 0.15) is 28.4 Å². The second kappa shape index (κ2) is 14.8. The van der Waals surface area contributed by atoms with Gasteiger partial charge in [0.05, 0.1) is 5.56 Å². The van der Waals surface area contributed by atoms with E-state index < -0.39 is 0 Å². The number of hydrogen-bond acceptors (Lipinski definition) is 7. The fraction of sp³-hybridized carbons (Fsp3) is 0.444. The normalized spacial score (nSPS) is 16.5. The zero-order valence-electron chi connectivity index (χ0n) is 21.5. The minimum atomic E-state index is 0.0241. The molecule has 0 unspecified atom stereocenters. The van der Waals surface area contributed by atoms with Gasteiger partial charge in [-0.05, 0) is 50.9 Å². The van der Waals surface area contributed by atoms with Crippen molar-refractivity contribution in [2.45, 2.75) is 46.0 Å². The highest BCUT2D eigenvalue weighted by molar-refractivity contribution is 7.16. The second-order valence-electron chi connectivity index (χ2n) is 8.17. The maximum Gasteiger partial charge on any atom is 0.141 e. The monoisotopic (exact) mass is 493 g/mol. The maximum absolute atomic E-state index is 9.11. The van der Waals surface area contributed by atoms with Gasteiger partial charge in [0.25, 0.3) is 0 Å². The van der Waals surface area contributed by atoms with Crippen molar-refractivity contribution in [2.24, 2.45) is 5.73 Å². The van der Waals surface area contributed by atoms with Crippen LogP contribution in [0, 0.1) is 29.6 Å². The van der Waals surface area contributed by atoms with Gasteiger partial charge in [0.2, 0.25) is 0 Å². The van der Waals surface area contributed by atoms with E-state index in [-0.39, 0.29) is 5.84 Å². The summed E-state index contributed by atoms with van der Waals surface area (Å²) in [6.07, 6.45) is 11.3. The first-order valence-electron chi connectivity index (χ1n) is 11.9. The third kappa shape index (κ3) is 7.85. The number of pyridine rings is 1. The third-order valence-electron chi connectivity index (χ3n) is 5.84. The number of rotatable bonds is 3. The van der Waals surface area contributed by atoms with Crippen molar-refractivity contribution in [1.82, 2.24) is 9.88 Å². The Morgan fingerprint density at radius 3 is 2.43 bits per heavy atom. The second-order valence-corrected chi connectivity index (χ2v) is 9.30. The molecule has 0 spiro atoms. The van der Waals surface area contributed by atoms with Crippen molar-refractivity contribution in [1.29, 1.82) is 10.7 Å². The lowest BCUT2D eigenvalue weighted by molar-refractivity contribution is 0.312. The van der Waals surface area contributed by atoms with Crippen molar-refractivity contribution >= 4 is 28.0 Å². The summed E-state index contributed by atoms with van der Waals surface area (Å²) in [5, 5.41) is 17.2. The van der Waals surface area contributed by atoms with E-state index in [0.717, 1.165) is 50.4 Å². The van der Waals surface area contributed by atoms with Gasteiger partial charge in [-0.3, -0.25) is 5.41 Å². The zero-order chi connectivity index (χ0) is 26.5. The van der Waals surface area contributed by atoms with Gasteiger partial charge in [-0.15, -0.1) is 24.2 Å². The molecule has 3 heterocycles. The number of nitrogens with two attached hydrogens (primary N) is 2. The molecule has 1 atom stereocenters. The number of hydrogen-bond donors (Lipinski definition) is 3. The van der Waals surface area contributed by atoms with Crippen molar-refractivity contribution < 1.29 is 0 Å². The first-order valence-corrected chi connectivity index (χ1v) is 12.7. The Balaban J connectivity index is 0.000000307. The molecule has 0 saturated carbocycles. The molecule has 4 rings (SSSR count). The summed E-state index contributed by atoms with van der Waals surface area (Å²) in [5.41, 5.74) is 14.8. The molecular weight excluding hydrogens is 454 g/mol. The van der Waals surface area contributed by atoms with Gasteiger partial charge in [0, 0.05) is 37.0 Å². The van der Waals surface area contributed by atoms with Crippen molar-refractivity contribution in [3.63, 3.8) is 0 Å². The number of likely N-dealkylation sites (N-methyl/N-ethyl adjacent to an activating group) is 1. The van der Waals surface area contributed by atoms with E-state index in [2.05, 4.69) is 47.3 Å². The highest BCUT2D eigenvalue weighted by atomic mass is 32.1. The summed E-state index contributed by atoms with van der Waals surface area (Å²) in [7, 11) is 2.12. The molecule has 188 valence electrons. The van der Waals surface area contributed by atoms with Crippen LogP contribution in [0.3, 0.4) is 0 Å². The summed E-state index contributed by atoms with van der Waals surface area (Å²) < 4.78 is 0. The number of allylic oxidation sites excluding steroid dienone is 1. The highest BCUT2D eigenvalue weighted by Gasteiger charge is 2.27. The minimum absolute atomic E-state index is 0.0241. The molecule has 0 aromatic carbocycles. The Hall–Kier alpha value is -3.33. The number of aromatic nitrogens is 1. The van der Waals surface area contributed by atoms with Crippen LogP contribution in [0.5, 0.6) is 0 Å². The van der Waals surface area contributed by atoms with Gasteiger partial charge in [-0.1, -0.05) is 32.1 Å². The number of piperazine rings is 1. The van der Waals surface area contributed by atoms with Crippen LogP contribution in [0.1, 0.15) is 61.2 Å². The SMILES string of the molecule is C#C.C=C(C)[C@H]1CCCc2sc(N)c(C#N)c21.CC.CN1CCN(c2cccc(C(=N)N)n2)CC1. The molecule has 1 saturated heterocycles. The number of amidine groups is 1. The molecule has 2 aromatic rings. The van der Waals surface area contributed by atoms with Crippen LogP contribution in [-0.4, -0.2) is 48.9 Å². The van der Waals surface area contributed by atoms with Gasteiger partial charge < -0.3 is 21.3 Å². The summed E-state index contributed by atoms with van der Waals surface area (Å²) in [6.45, 7) is 14.1. The standard InChI is InChI=1S/C12H14N2S.C11H17N5.C2H6.C2H2/c1-7(2)8-4-3-5-10-11(8)9(6-13)12(14)15-10;1-15-5-7-16(8-6-15)10-4-2-3-9(14-10)11(12)13;2*1-2/h8H,1,3-5,14H2,2H3;2-4H,5-8H2,1H3,(H3,12,13);1-2H3;1-2H/t8-;;;/m1.../s1. The predicted molar refractivity (Wildman–Crippen MR) is 150 cm³/mol. The summed E-state index contributed by atoms with van der Waals surface area (Å²) in [5.74, 6) is 1.29. The predicted octanol–water partition coefficient (Wildman–Crippen LogP) is 4.59. The molecule has 1 fully saturated rings. The fourth-order valence-corrected chi connectivity index (χ4v) is 5.19. The topological polar surface area (TPSA) is 119 Å². The molecule has 7 nitrogen and oxygen atoms in total. The molecule has 1 aliphatic heterocycles. The number of nitriles is 1. The van der Waals surface area contributed by atoms with Crippen LogP contribution in [0.15, 0.2) is 30.4 Å². The van der Waals surface area contributed by atoms with E-state index in [1.807, 2.05) is 32.9 Å². The minimum Gasteiger partial charge on any atom is -0.389 e. The largest absolute Gasteiger partial charge is 0.389 e. The van der Waals surface area contributed by atoms with Gasteiger partial charge in [-0.25, -0.2) is 4.98 Å². The fourth-order valence-electron chi connectivity index (χ4n) is 4.07. The van der Waals surface area contributed by atoms with Crippen LogP contribution in [-0.2, 0) is 6.42 Å².